The largest absolute Gasteiger partial charge is 0.455 e. The molecule has 4 aliphatic carbocycles. The number of ether oxygens (including phenoxy) is 7. The molecule has 1 heterocycles. The Morgan fingerprint density at radius 2 is 1.55 bits per heavy atom. The summed E-state index contributed by atoms with van der Waals surface area (Å²) in [6.45, 7) is 12.9. The van der Waals surface area contributed by atoms with Crippen LogP contribution >= 0.6 is 0 Å². The van der Waals surface area contributed by atoms with E-state index in [0.29, 0.717) is 18.4 Å². The number of esters is 5. The molecule has 0 unspecified atom stereocenters. The number of Topliss-reactive ketones (excluding diaryl/α,β-unsaturated/α-hetero) is 2. The maximum absolute atomic E-state index is 15.7. The quantitative estimate of drug-likeness (QED) is 0.0898. The van der Waals surface area contributed by atoms with Gasteiger partial charge in [0.05, 0.1) is 12.2 Å². The summed E-state index contributed by atoms with van der Waals surface area (Å²) in [4.78, 5) is 111. The van der Waals surface area contributed by atoms with Gasteiger partial charge in [0.25, 0.3) is 0 Å². The average molecular weight is 958 g/mol. The lowest BCUT2D eigenvalue weighted by atomic mass is 9.45. The van der Waals surface area contributed by atoms with Crippen LogP contribution in [0.25, 0.3) is 0 Å². The number of hydrogen-bond acceptors (Lipinski definition) is 16. The molecule has 69 heavy (non-hydrogen) atoms. The van der Waals surface area contributed by atoms with Crippen molar-refractivity contribution in [1.29, 1.82) is 0 Å². The van der Waals surface area contributed by atoms with Crippen LogP contribution in [0, 0.1) is 28.6 Å². The van der Waals surface area contributed by atoms with Crippen molar-refractivity contribution in [3.63, 3.8) is 0 Å². The third-order valence-electron chi connectivity index (χ3n) is 14.7. The van der Waals surface area contributed by atoms with Crippen LogP contribution in [0.3, 0.4) is 0 Å². The third kappa shape index (κ3) is 9.56. The van der Waals surface area contributed by atoms with Gasteiger partial charge in [0.2, 0.25) is 6.10 Å². The van der Waals surface area contributed by atoms with Crippen LogP contribution in [0.5, 0.6) is 0 Å². The van der Waals surface area contributed by atoms with E-state index in [-0.39, 0.29) is 54.3 Å². The standard InChI is InChI=1S/C52H63NO16/c1-10-17-38(57)63-26-39(58)67-43(41(32-20-15-12-16-21-32)53-47(61)69-48(5,6)7)46(60)66-36-25-52(62)34(23-35(56)31-18-13-11-14-19-31)44-50(24-33(50)22-37-51(44,27-64-37)68-30(4)55)45(59)42(65-29(3)54)40(28(36)2)49(52,8)9/h11-16,18-21,33-34,36-37,41-44,62H,10,17,22-27H2,1-9H3,(H,53,61)/t33-,34+,36+,37-,41+,42-,43-,44+,50-,51+,52-/m1/s1. The van der Waals surface area contributed by atoms with Gasteiger partial charge < -0.3 is 43.6 Å². The fraction of sp³-hybridized carbons (Fsp3) is 0.577. The van der Waals surface area contributed by atoms with Crippen molar-refractivity contribution < 1.29 is 76.6 Å². The predicted molar refractivity (Wildman–Crippen MR) is 243 cm³/mol. The van der Waals surface area contributed by atoms with Gasteiger partial charge in [-0.3, -0.25) is 24.0 Å². The summed E-state index contributed by atoms with van der Waals surface area (Å²) in [7, 11) is 0. The molecule has 1 spiro atoms. The summed E-state index contributed by atoms with van der Waals surface area (Å²) in [6.07, 6.45) is -6.50. The fourth-order valence-corrected chi connectivity index (χ4v) is 11.7. The number of aliphatic hydroxyl groups is 1. The molecule has 17 nitrogen and oxygen atoms in total. The van der Waals surface area contributed by atoms with E-state index in [1.54, 1.807) is 109 Å². The first kappa shape index (κ1) is 50.9. The second-order valence-electron chi connectivity index (χ2n) is 20.6. The van der Waals surface area contributed by atoms with Gasteiger partial charge in [0.15, 0.2) is 29.9 Å². The molecule has 2 N–H and O–H groups in total. The monoisotopic (exact) mass is 957 g/mol. The minimum absolute atomic E-state index is 0.00750. The van der Waals surface area contributed by atoms with E-state index in [1.807, 2.05) is 0 Å². The van der Waals surface area contributed by atoms with Crippen molar-refractivity contribution in [2.24, 2.45) is 28.6 Å². The molecule has 0 aromatic heterocycles. The van der Waals surface area contributed by atoms with Gasteiger partial charge in [-0.1, -0.05) is 81.4 Å². The van der Waals surface area contributed by atoms with E-state index >= 15 is 9.59 Å². The van der Waals surface area contributed by atoms with Gasteiger partial charge in [-0.05, 0) is 69.6 Å². The molecule has 17 heteroatoms. The van der Waals surface area contributed by atoms with Crippen LogP contribution in [0.4, 0.5) is 4.79 Å². The summed E-state index contributed by atoms with van der Waals surface area (Å²) in [5, 5.41) is 16.7. The lowest BCUT2D eigenvalue weighted by molar-refractivity contribution is -0.316. The Morgan fingerprint density at radius 1 is 0.899 bits per heavy atom. The summed E-state index contributed by atoms with van der Waals surface area (Å²) in [6, 6.07) is 15.0. The van der Waals surface area contributed by atoms with E-state index in [2.05, 4.69) is 5.32 Å². The lowest BCUT2D eigenvalue weighted by Crippen LogP contribution is -2.76. The zero-order valence-corrected chi connectivity index (χ0v) is 40.6. The van der Waals surface area contributed by atoms with Crippen molar-refractivity contribution in [2.75, 3.05) is 13.2 Å². The van der Waals surface area contributed by atoms with Gasteiger partial charge in [-0.15, -0.1) is 0 Å². The number of hydrogen-bond donors (Lipinski definition) is 2. The highest BCUT2D eigenvalue weighted by Gasteiger charge is 2.83. The number of benzene rings is 2. The molecule has 2 aromatic rings. The van der Waals surface area contributed by atoms with E-state index < -0.39 is 125 Å². The first-order chi connectivity index (χ1) is 32.4. The number of nitrogens with one attached hydrogen (secondary N) is 1. The highest BCUT2D eigenvalue weighted by atomic mass is 16.6. The molecule has 1 aliphatic heterocycles. The van der Waals surface area contributed by atoms with Crippen molar-refractivity contribution >= 4 is 47.5 Å². The molecular weight excluding hydrogens is 895 g/mol. The van der Waals surface area contributed by atoms with E-state index in [9.17, 15) is 33.9 Å². The predicted octanol–water partition coefficient (Wildman–Crippen LogP) is 6.03. The van der Waals surface area contributed by atoms with Crippen LogP contribution < -0.4 is 5.32 Å². The Bertz CT molecular complexity index is 2410. The van der Waals surface area contributed by atoms with Crippen LogP contribution in [0.15, 0.2) is 71.8 Å². The number of alkyl carbamates (subject to hydrolysis) is 1. The Labute approximate surface area is 401 Å². The number of amides is 1. The lowest BCUT2D eigenvalue weighted by Gasteiger charge is -2.65. The van der Waals surface area contributed by atoms with Crippen molar-refractivity contribution in [3.05, 3.63) is 82.9 Å². The molecule has 2 aromatic carbocycles. The van der Waals surface area contributed by atoms with Crippen molar-refractivity contribution in [2.45, 2.75) is 148 Å². The van der Waals surface area contributed by atoms with E-state index in [0.717, 1.165) is 6.92 Å². The second-order valence-corrected chi connectivity index (χ2v) is 20.6. The molecular formula is C52H63NO16. The Balaban J connectivity index is 1.39. The van der Waals surface area contributed by atoms with Crippen molar-refractivity contribution in [1.82, 2.24) is 5.32 Å². The highest BCUT2D eigenvalue weighted by molar-refractivity contribution is 5.99. The first-order valence-corrected chi connectivity index (χ1v) is 23.5. The summed E-state index contributed by atoms with van der Waals surface area (Å²) < 4.78 is 41.2. The molecule has 372 valence electrons. The maximum Gasteiger partial charge on any atom is 0.408 e. The number of rotatable bonds is 15. The second kappa shape index (κ2) is 19.1. The van der Waals surface area contributed by atoms with Gasteiger partial charge in [0.1, 0.15) is 23.9 Å². The zero-order chi connectivity index (χ0) is 50.4. The first-order valence-electron chi connectivity index (χ1n) is 23.5. The summed E-state index contributed by atoms with van der Waals surface area (Å²) in [5.41, 5.74) is -6.50. The smallest absolute Gasteiger partial charge is 0.408 e. The molecule has 1 saturated heterocycles. The molecule has 4 fully saturated rings. The minimum Gasteiger partial charge on any atom is -0.455 e. The Kier molecular flexibility index (Phi) is 14.1. The molecule has 7 rings (SSSR count). The Hall–Kier alpha value is -5.94. The highest BCUT2D eigenvalue weighted by Crippen LogP contribution is 2.76. The number of ketones is 2. The SMILES string of the molecule is CCCC(=O)OCC(=O)O[C@@H](C(=O)O[C@H]1C[C@@]2(O)[C@@H](CC(=O)c3ccccc3)[C@@H]3[C@]4(OC(C)=O)CO[C@@H]4C[C@@H]4C[C@@]43C(=O)[C@H](OC(C)=O)C(=C1C)C2(C)C)[C@@H](NC(=O)OC(C)(C)C)c1ccccc1. The van der Waals surface area contributed by atoms with Gasteiger partial charge in [-0.2, -0.15) is 0 Å². The molecule has 1 amide bonds. The molecule has 3 saturated carbocycles. The molecule has 11 atom stereocenters. The minimum atomic E-state index is -2.13. The van der Waals surface area contributed by atoms with Gasteiger partial charge >= 0.3 is 35.9 Å². The normalized spacial score (nSPS) is 30.4. The summed E-state index contributed by atoms with van der Waals surface area (Å²) in [5.74, 6) is -8.05. The Morgan fingerprint density at radius 3 is 2.13 bits per heavy atom. The van der Waals surface area contributed by atoms with Crippen LogP contribution in [0.2, 0.25) is 0 Å². The zero-order valence-electron chi connectivity index (χ0n) is 40.6. The molecule has 0 radical (unpaired) electrons. The van der Waals surface area contributed by atoms with Gasteiger partial charge in [-0.25, -0.2) is 14.4 Å². The van der Waals surface area contributed by atoms with E-state index in [4.69, 9.17) is 33.2 Å². The number of carbonyl (C=O) groups is 8. The summed E-state index contributed by atoms with van der Waals surface area (Å²) >= 11 is 0. The number of fused-ring (bicyclic) bond motifs is 4. The van der Waals surface area contributed by atoms with E-state index in [1.165, 1.54) is 6.92 Å². The van der Waals surface area contributed by atoms with Crippen LogP contribution in [-0.4, -0.2) is 107 Å². The third-order valence-corrected chi connectivity index (χ3v) is 14.7. The molecule has 2 bridgehead atoms. The topological polar surface area (TPSA) is 233 Å². The van der Waals surface area contributed by atoms with Crippen molar-refractivity contribution in [3.8, 4) is 0 Å². The van der Waals surface area contributed by atoms with Crippen LogP contribution in [0.1, 0.15) is 123 Å². The van der Waals surface area contributed by atoms with Gasteiger partial charge in [0, 0.05) is 61.3 Å². The average Bonchev–Trinajstić information content (AvgIpc) is 4.00. The number of carbonyl (C=O) groups excluding carboxylic acids is 8. The maximum atomic E-state index is 15.7. The fourth-order valence-electron chi connectivity index (χ4n) is 11.7. The van der Waals surface area contributed by atoms with Crippen LogP contribution in [-0.2, 0) is 61.9 Å². The molecule has 5 aliphatic rings.